The summed E-state index contributed by atoms with van der Waals surface area (Å²) < 4.78 is 10.6. The first-order valence-corrected chi connectivity index (χ1v) is 18.0. The summed E-state index contributed by atoms with van der Waals surface area (Å²) in [5.41, 5.74) is 8.13. The van der Waals surface area contributed by atoms with Crippen LogP contribution in [0.1, 0.15) is 70.4 Å². The number of unbranched alkanes of at least 4 members (excludes halogenated alkanes) is 5. The molecule has 0 fully saturated rings. The van der Waals surface area contributed by atoms with Crippen LogP contribution >= 0.6 is 0 Å². The molecule has 8 nitrogen and oxygen atoms in total. The highest BCUT2D eigenvalue weighted by Crippen LogP contribution is 2.32. The van der Waals surface area contributed by atoms with Crippen LogP contribution in [-0.2, 0) is 0 Å². The van der Waals surface area contributed by atoms with E-state index in [1.807, 2.05) is 111 Å². The van der Waals surface area contributed by atoms with Crippen molar-refractivity contribution in [1.82, 2.24) is 20.6 Å². The van der Waals surface area contributed by atoms with Gasteiger partial charge in [-0.3, -0.25) is 9.59 Å². The van der Waals surface area contributed by atoms with Crippen molar-refractivity contribution in [2.75, 3.05) is 27.3 Å². The Morgan fingerprint density at radius 2 is 0.885 bits per heavy atom. The number of rotatable bonds is 15. The van der Waals surface area contributed by atoms with Crippen molar-refractivity contribution in [2.45, 2.75) is 52.4 Å². The molecule has 0 atom stereocenters. The molecule has 8 heteroatoms. The molecular weight excluding hydrogens is 649 g/mol. The summed E-state index contributed by atoms with van der Waals surface area (Å²) in [5, 5.41) is 8.03. The van der Waals surface area contributed by atoms with E-state index in [4.69, 9.17) is 19.4 Å². The molecule has 0 radical (unpaired) electrons. The van der Waals surface area contributed by atoms with Gasteiger partial charge in [-0.05, 0) is 98.5 Å². The number of nitrogens with zero attached hydrogens (tertiary/aromatic N) is 2. The number of hydrogen-bond acceptors (Lipinski definition) is 6. The predicted molar refractivity (Wildman–Crippen MR) is 209 cm³/mol. The summed E-state index contributed by atoms with van der Waals surface area (Å²) in [6.45, 7) is 5.16. The van der Waals surface area contributed by atoms with Crippen LogP contribution in [0, 0.1) is 13.8 Å². The van der Waals surface area contributed by atoms with Crippen molar-refractivity contribution >= 4 is 33.6 Å². The fourth-order valence-corrected chi connectivity index (χ4v) is 6.80. The van der Waals surface area contributed by atoms with E-state index in [9.17, 15) is 9.59 Å². The van der Waals surface area contributed by atoms with Gasteiger partial charge in [-0.15, -0.1) is 0 Å². The molecule has 0 saturated heterocycles. The largest absolute Gasteiger partial charge is 0.497 e. The minimum Gasteiger partial charge on any atom is -0.497 e. The van der Waals surface area contributed by atoms with E-state index in [1.165, 1.54) is 0 Å². The summed E-state index contributed by atoms with van der Waals surface area (Å²) in [6, 6.07) is 31.1. The maximum Gasteiger partial charge on any atom is 0.252 e. The second-order valence-electron chi connectivity index (χ2n) is 13.0. The van der Waals surface area contributed by atoms with E-state index in [0.29, 0.717) is 24.2 Å². The van der Waals surface area contributed by atoms with E-state index >= 15 is 0 Å². The summed E-state index contributed by atoms with van der Waals surface area (Å²) in [4.78, 5) is 36.9. The Morgan fingerprint density at radius 1 is 0.519 bits per heavy atom. The molecule has 6 rings (SSSR count). The summed E-state index contributed by atoms with van der Waals surface area (Å²) in [5.74, 6) is 1.40. The highest BCUT2D eigenvalue weighted by molar-refractivity contribution is 6.09. The fourth-order valence-electron chi connectivity index (χ4n) is 6.80. The lowest BCUT2D eigenvalue weighted by Gasteiger charge is -2.15. The van der Waals surface area contributed by atoms with Crippen LogP contribution in [0.15, 0.2) is 97.1 Å². The highest BCUT2D eigenvalue weighted by Gasteiger charge is 2.20. The zero-order valence-corrected chi connectivity index (χ0v) is 30.4. The molecule has 2 heterocycles. The molecule has 266 valence electrons. The second kappa shape index (κ2) is 17.0. The van der Waals surface area contributed by atoms with E-state index in [2.05, 4.69) is 10.6 Å². The van der Waals surface area contributed by atoms with Gasteiger partial charge < -0.3 is 20.1 Å². The predicted octanol–water partition coefficient (Wildman–Crippen LogP) is 9.25. The van der Waals surface area contributed by atoms with E-state index < -0.39 is 0 Å². The number of fused-ring (bicyclic) bond motifs is 2. The number of carbonyl (C=O) groups is 2. The molecule has 0 spiro atoms. The average Bonchev–Trinajstić information content (AvgIpc) is 3.18. The van der Waals surface area contributed by atoms with E-state index in [0.717, 1.165) is 105 Å². The molecule has 52 heavy (non-hydrogen) atoms. The second-order valence-corrected chi connectivity index (χ2v) is 13.0. The van der Waals surface area contributed by atoms with Crippen LogP contribution in [-0.4, -0.2) is 49.1 Å². The number of pyridine rings is 2. The van der Waals surface area contributed by atoms with E-state index in [-0.39, 0.29) is 11.8 Å². The van der Waals surface area contributed by atoms with Gasteiger partial charge in [0.25, 0.3) is 11.8 Å². The number of carbonyl (C=O) groups excluding carboxylic acids is 2. The summed E-state index contributed by atoms with van der Waals surface area (Å²) in [7, 11) is 3.29. The molecule has 0 aliphatic rings. The van der Waals surface area contributed by atoms with Gasteiger partial charge in [-0.2, -0.15) is 0 Å². The van der Waals surface area contributed by atoms with Crippen LogP contribution in [0.5, 0.6) is 11.5 Å². The van der Waals surface area contributed by atoms with E-state index in [1.54, 1.807) is 14.2 Å². The smallest absolute Gasteiger partial charge is 0.252 e. The van der Waals surface area contributed by atoms with Crippen molar-refractivity contribution in [3.05, 3.63) is 119 Å². The number of aromatic nitrogens is 2. The first-order valence-electron chi connectivity index (χ1n) is 18.0. The lowest BCUT2D eigenvalue weighted by atomic mass is 9.97. The molecule has 0 saturated carbocycles. The third-order valence-electron chi connectivity index (χ3n) is 9.63. The van der Waals surface area contributed by atoms with Gasteiger partial charge in [0, 0.05) is 35.0 Å². The van der Waals surface area contributed by atoms with Gasteiger partial charge in [-0.25, -0.2) is 9.97 Å². The third-order valence-corrected chi connectivity index (χ3v) is 9.63. The maximum absolute atomic E-state index is 13.5. The van der Waals surface area contributed by atoms with Gasteiger partial charge in [0.05, 0.1) is 47.8 Å². The molecule has 6 aromatic rings. The molecule has 0 aliphatic carbocycles. The number of methoxy groups -OCH3 is 2. The molecule has 2 amide bonds. The summed E-state index contributed by atoms with van der Waals surface area (Å²) in [6.07, 6.45) is 6.00. The fraction of sp³-hybridized carbons (Fsp3) is 0.273. The number of ether oxygens (including phenoxy) is 2. The standard InChI is InChI=1S/C44H46N4O4/c1-29-39(35-15-9-11-17-37(35)47-41(29)31-19-23-33(51-3)24-20-31)43(49)45-27-13-7-5-6-8-14-28-46-44(50)40-30(2)42(32-21-25-34(52-4)26-22-32)48-38-18-12-10-16-36(38)40/h9-12,15-26H,5-8,13-14,27-28H2,1-4H3,(H,45,49)(H,46,50). The first-order chi connectivity index (χ1) is 25.4. The quantitative estimate of drug-likeness (QED) is 0.104. The van der Waals surface area contributed by atoms with Crippen LogP contribution in [0.3, 0.4) is 0 Å². The van der Waals surface area contributed by atoms with Crippen molar-refractivity contribution in [3.63, 3.8) is 0 Å². The Kier molecular flexibility index (Phi) is 11.8. The number of hydrogen-bond donors (Lipinski definition) is 2. The minimum atomic E-state index is -0.0741. The zero-order chi connectivity index (χ0) is 36.5. The van der Waals surface area contributed by atoms with Gasteiger partial charge in [0.1, 0.15) is 11.5 Å². The number of amides is 2. The monoisotopic (exact) mass is 694 g/mol. The molecule has 2 N–H and O–H groups in total. The van der Waals surface area contributed by atoms with Crippen molar-refractivity contribution in [1.29, 1.82) is 0 Å². The molecular formula is C44H46N4O4. The van der Waals surface area contributed by atoms with Crippen LogP contribution in [0.4, 0.5) is 0 Å². The van der Waals surface area contributed by atoms with Crippen LogP contribution < -0.4 is 20.1 Å². The number of para-hydroxylation sites is 2. The Morgan fingerprint density at radius 3 is 1.27 bits per heavy atom. The minimum absolute atomic E-state index is 0.0741. The molecule has 0 bridgehead atoms. The molecule has 0 aliphatic heterocycles. The Hall–Kier alpha value is -5.76. The van der Waals surface area contributed by atoms with Crippen molar-refractivity contribution in [3.8, 4) is 34.0 Å². The van der Waals surface area contributed by atoms with Gasteiger partial charge >= 0.3 is 0 Å². The zero-order valence-electron chi connectivity index (χ0n) is 30.4. The van der Waals surface area contributed by atoms with Crippen LogP contribution in [0.25, 0.3) is 44.3 Å². The van der Waals surface area contributed by atoms with Gasteiger partial charge in [-0.1, -0.05) is 62.1 Å². The number of benzene rings is 4. The Labute approximate surface area is 305 Å². The highest BCUT2D eigenvalue weighted by atomic mass is 16.5. The topological polar surface area (TPSA) is 102 Å². The Balaban J connectivity index is 0.970. The summed E-state index contributed by atoms with van der Waals surface area (Å²) >= 11 is 0. The SMILES string of the molecule is COc1ccc(-c2nc3ccccc3c(C(=O)NCCCCCCCCNC(=O)c3c(C)c(-c4ccc(OC)cc4)nc4ccccc34)c2C)cc1. The third kappa shape index (κ3) is 8.07. The maximum atomic E-state index is 13.5. The molecule has 4 aromatic carbocycles. The molecule has 2 aromatic heterocycles. The van der Waals surface area contributed by atoms with Gasteiger partial charge in [0.2, 0.25) is 0 Å². The lowest BCUT2D eigenvalue weighted by molar-refractivity contribution is 0.0945. The normalized spacial score (nSPS) is 11.1. The van der Waals surface area contributed by atoms with Gasteiger partial charge in [0.15, 0.2) is 0 Å². The Bertz CT molecular complexity index is 2020. The first kappa shape index (κ1) is 36.0. The average molecular weight is 695 g/mol. The number of nitrogens with one attached hydrogen (secondary N) is 2. The molecule has 0 unspecified atom stereocenters. The van der Waals surface area contributed by atoms with Crippen molar-refractivity contribution < 1.29 is 19.1 Å². The lowest BCUT2D eigenvalue weighted by Crippen LogP contribution is -2.26. The van der Waals surface area contributed by atoms with Crippen molar-refractivity contribution in [2.24, 2.45) is 0 Å². The van der Waals surface area contributed by atoms with Crippen LogP contribution in [0.2, 0.25) is 0 Å².